The SMILES string of the molecule is Cc1ccc(SCCC(=O)N2CCN(c3ccccc3)CC2)cc1C. The number of hydrogen-bond donors (Lipinski definition) is 0. The Labute approximate surface area is 155 Å². The number of thioether (sulfide) groups is 1. The largest absolute Gasteiger partial charge is 0.368 e. The number of aryl methyl sites for hydroxylation is 2. The van der Waals surface area contributed by atoms with Crippen molar-refractivity contribution < 1.29 is 4.79 Å². The van der Waals surface area contributed by atoms with Crippen molar-refractivity contribution in [2.45, 2.75) is 25.2 Å². The molecular formula is C21H26N2OS. The van der Waals surface area contributed by atoms with Gasteiger partial charge in [-0.3, -0.25) is 4.79 Å². The minimum Gasteiger partial charge on any atom is -0.368 e. The molecule has 0 bridgehead atoms. The zero-order valence-corrected chi connectivity index (χ0v) is 15.9. The Morgan fingerprint density at radius 2 is 1.68 bits per heavy atom. The molecule has 0 aliphatic carbocycles. The van der Waals surface area contributed by atoms with Crippen molar-refractivity contribution in [3.8, 4) is 0 Å². The predicted molar refractivity (Wildman–Crippen MR) is 106 cm³/mol. The first-order valence-electron chi connectivity index (χ1n) is 8.91. The van der Waals surface area contributed by atoms with E-state index >= 15 is 0 Å². The molecule has 0 unspecified atom stereocenters. The van der Waals surface area contributed by atoms with E-state index in [0.717, 1.165) is 31.9 Å². The van der Waals surface area contributed by atoms with Crippen molar-refractivity contribution in [1.29, 1.82) is 0 Å². The second-order valence-electron chi connectivity index (χ2n) is 6.55. The van der Waals surface area contributed by atoms with Gasteiger partial charge in [0.2, 0.25) is 5.91 Å². The summed E-state index contributed by atoms with van der Waals surface area (Å²) in [5.41, 5.74) is 3.88. The van der Waals surface area contributed by atoms with Crippen molar-refractivity contribution in [2.75, 3.05) is 36.8 Å². The number of piperazine rings is 1. The third kappa shape index (κ3) is 4.79. The summed E-state index contributed by atoms with van der Waals surface area (Å²) in [6, 6.07) is 17.0. The molecule has 1 aliphatic rings. The van der Waals surface area contributed by atoms with Crippen LogP contribution in [0, 0.1) is 13.8 Å². The van der Waals surface area contributed by atoms with Crippen LogP contribution in [-0.2, 0) is 4.79 Å². The predicted octanol–water partition coefficient (Wildman–Crippen LogP) is 4.13. The van der Waals surface area contributed by atoms with Crippen LogP contribution in [0.3, 0.4) is 0 Å². The van der Waals surface area contributed by atoms with Crippen LogP contribution in [0.15, 0.2) is 53.4 Å². The quantitative estimate of drug-likeness (QED) is 0.754. The van der Waals surface area contributed by atoms with Crippen molar-refractivity contribution in [2.24, 2.45) is 0 Å². The number of benzene rings is 2. The third-order valence-electron chi connectivity index (χ3n) is 4.82. The van der Waals surface area contributed by atoms with Crippen LogP contribution >= 0.6 is 11.8 Å². The van der Waals surface area contributed by atoms with E-state index in [0.29, 0.717) is 6.42 Å². The summed E-state index contributed by atoms with van der Waals surface area (Å²) in [5.74, 6) is 1.13. The average Bonchev–Trinajstić information content (AvgIpc) is 2.65. The van der Waals surface area contributed by atoms with Gasteiger partial charge in [-0.05, 0) is 49.2 Å². The zero-order chi connectivity index (χ0) is 17.6. The van der Waals surface area contributed by atoms with Crippen molar-refractivity contribution in [3.63, 3.8) is 0 Å². The molecule has 1 saturated heterocycles. The molecule has 3 nitrogen and oxygen atoms in total. The molecule has 3 rings (SSSR count). The highest BCUT2D eigenvalue weighted by atomic mass is 32.2. The fourth-order valence-corrected chi connectivity index (χ4v) is 4.01. The molecule has 0 spiro atoms. The first kappa shape index (κ1) is 17.9. The van der Waals surface area contributed by atoms with Gasteiger partial charge in [0.05, 0.1) is 0 Å². The zero-order valence-electron chi connectivity index (χ0n) is 15.1. The van der Waals surface area contributed by atoms with Gasteiger partial charge in [0.1, 0.15) is 0 Å². The maximum atomic E-state index is 12.4. The maximum absolute atomic E-state index is 12.4. The highest BCUT2D eigenvalue weighted by Crippen LogP contribution is 2.22. The van der Waals surface area contributed by atoms with E-state index in [4.69, 9.17) is 0 Å². The van der Waals surface area contributed by atoms with Crippen LogP contribution in [0.25, 0.3) is 0 Å². The van der Waals surface area contributed by atoms with Gasteiger partial charge in [0, 0.05) is 48.9 Å². The number of carbonyl (C=O) groups excluding carboxylic acids is 1. The molecule has 1 aliphatic heterocycles. The Hall–Kier alpha value is -1.94. The lowest BCUT2D eigenvalue weighted by Gasteiger charge is -2.36. The van der Waals surface area contributed by atoms with Gasteiger partial charge in [-0.1, -0.05) is 24.3 Å². The summed E-state index contributed by atoms with van der Waals surface area (Å²) in [5, 5.41) is 0. The first-order valence-corrected chi connectivity index (χ1v) is 9.90. The molecule has 1 amide bonds. The van der Waals surface area contributed by atoms with E-state index in [1.54, 1.807) is 11.8 Å². The molecule has 0 saturated carbocycles. The minimum atomic E-state index is 0.282. The van der Waals surface area contributed by atoms with Gasteiger partial charge in [-0.2, -0.15) is 0 Å². The number of carbonyl (C=O) groups is 1. The van der Waals surface area contributed by atoms with E-state index in [2.05, 4.69) is 61.2 Å². The van der Waals surface area contributed by atoms with Gasteiger partial charge in [0.25, 0.3) is 0 Å². The summed E-state index contributed by atoms with van der Waals surface area (Å²) in [6.45, 7) is 7.74. The Morgan fingerprint density at radius 3 is 2.36 bits per heavy atom. The van der Waals surface area contributed by atoms with E-state index in [-0.39, 0.29) is 5.91 Å². The molecule has 0 N–H and O–H groups in total. The van der Waals surface area contributed by atoms with Gasteiger partial charge in [-0.25, -0.2) is 0 Å². The number of hydrogen-bond acceptors (Lipinski definition) is 3. The summed E-state index contributed by atoms with van der Waals surface area (Å²) < 4.78 is 0. The highest BCUT2D eigenvalue weighted by Gasteiger charge is 2.20. The maximum Gasteiger partial charge on any atom is 0.223 e. The average molecular weight is 355 g/mol. The van der Waals surface area contributed by atoms with Gasteiger partial charge >= 0.3 is 0 Å². The van der Waals surface area contributed by atoms with Gasteiger partial charge < -0.3 is 9.80 Å². The van der Waals surface area contributed by atoms with E-state index < -0.39 is 0 Å². The Kier molecular flexibility index (Phi) is 6.03. The third-order valence-corrected chi connectivity index (χ3v) is 5.81. The summed E-state index contributed by atoms with van der Waals surface area (Å²) in [7, 11) is 0. The molecule has 2 aromatic carbocycles. The molecule has 0 atom stereocenters. The monoisotopic (exact) mass is 354 g/mol. The second-order valence-corrected chi connectivity index (χ2v) is 7.72. The normalized spacial score (nSPS) is 14.6. The smallest absolute Gasteiger partial charge is 0.223 e. The second kappa shape index (κ2) is 8.43. The van der Waals surface area contributed by atoms with Crippen LogP contribution < -0.4 is 4.90 Å². The molecule has 0 aromatic heterocycles. The van der Waals surface area contributed by atoms with Crippen LogP contribution in [0.4, 0.5) is 5.69 Å². The topological polar surface area (TPSA) is 23.6 Å². The molecule has 0 radical (unpaired) electrons. The van der Waals surface area contributed by atoms with E-state index in [1.807, 2.05) is 11.0 Å². The molecule has 132 valence electrons. The fourth-order valence-electron chi connectivity index (χ4n) is 3.07. The highest BCUT2D eigenvalue weighted by molar-refractivity contribution is 7.99. The van der Waals surface area contributed by atoms with Crippen LogP contribution in [0.2, 0.25) is 0 Å². The lowest BCUT2D eigenvalue weighted by molar-refractivity contribution is -0.131. The van der Waals surface area contributed by atoms with Crippen molar-refractivity contribution in [1.82, 2.24) is 4.90 Å². The Morgan fingerprint density at radius 1 is 0.960 bits per heavy atom. The van der Waals surface area contributed by atoms with Gasteiger partial charge in [0.15, 0.2) is 0 Å². The van der Waals surface area contributed by atoms with E-state index in [9.17, 15) is 4.79 Å². The lowest BCUT2D eigenvalue weighted by Crippen LogP contribution is -2.48. The first-order chi connectivity index (χ1) is 12.1. The standard InChI is InChI=1S/C21H26N2OS/c1-17-8-9-20(16-18(17)2)25-15-10-21(24)23-13-11-22(12-14-23)19-6-4-3-5-7-19/h3-9,16H,10-15H2,1-2H3. The van der Waals surface area contributed by atoms with Crippen LogP contribution in [0.5, 0.6) is 0 Å². The van der Waals surface area contributed by atoms with Crippen LogP contribution in [-0.4, -0.2) is 42.7 Å². The fraction of sp³-hybridized carbons (Fsp3) is 0.381. The molecule has 1 fully saturated rings. The van der Waals surface area contributed by atoms with Crippen molar-refractivity contribution >= 4 is 23.4 Å². The summed E-state index contributed by atoms with van der Waals surface area (Å²) in [6.07, 6.45) is 0.614. The Bertz CT molecular complexity index is 709. The lowest BCUT2D eigenvalue weighted by atomic mass is 10.1. The molecule has 1 heterocycles. The summed E-state index contributed by atoms with van der Waals surface area (Å²) >= 11 is 1.78. The number of para-hydroxylation sites is 1. The van der Waals surface area contributed by atoms with Crippen molar-refractivity contribution in [3.05, 3.63) is 59.7 Å². The number of rotatable bonds is 5. The summed E-state index contributed by atoms with van der Waals surface area (Å²) in [4.78, 5) is 18.1. The minimum absolute atomic E-state index is 0.282. The molecule has 2 aromatic rings. The Balaban J connectivity index is 1.43. The molecular weight excluding hydrogens is 328 g/mol. The van der Waals surface area contributed by atoms with E-state index in [1.165, 1.54) is 21.7 Å². The number of anilines is 1. The van der Waals surface area contributed by atoms with Crippen LogP contribution in [0.1, 0.15) is 17.5 Å². The molecule has 25 heavy (non-hydrogen) atoms. The van der Waals surface area contributed by atoms with Gasteiger partial charge in [-0.15, -0.1) is 11.8 Å². The number of amides is 1. The number of nitrogens with zero attached hydrogens (tertiary/aromatic N) is 2. The molecule has 4 heteroatoms.